The van der Waals surface area contributed by atoms with Crippen LogP contribution in [0.1, 0.15) is 69.6 Å². The number of alkyl carbamates (subject to hydrolysis) is 2. The Morgan fingerprint density at radius 1 is 0.864 bits per heavy atom. The van der Waals surface area contributed by atoms with Gasteiger partial charge in [0.05, 0.1) is 118 Å². The molecule has 3 aromatic rings. The summed E-state index contributed by atoms with van der Waals surface area (Å²) in [5.74, 6) is -2.45. The number of esters is 1. The third-order valence-electron chi connectivity index (χ3n) is 15.9. The number of benzene rings is 3. The first-order valence-corrected chi connectivity index (χ1v) is 29.9. The van der Waals surface area contributed by atoms with E-state index in [1.165, 1.54) is 37.0 Å². The second-order valence-electron chi connectivity index (χ2n) is 22.1. The molecule has 24 nitrogen and oxygen atoms in total. The Morgan fingerprint density at radius 3 is 2.05 bits per heavy atom. The minimum Gasteiger partial charge on any atom is -0.495 e. The van der Waals surface area contributed by atoms with E-state index in [9.17, 15) is 39.0 Å². The van der Waals surface area contributed by atoms with Gasteiger partial charge in [-0.1, -0.05) is 90.9 Å². The maximum Gasteiger partial charge on any atom is 0.409 e. The topological polar surface area (TPSA) is 290 Å². The summed E-state index contributed by atoms with van der Waals surface area (Å²) < 4.78 is 62.3. The van der Waals surface area contributed by atoms with Crippen LogP contribution in [0.25, 0.3) is 11.1 Å². The number of amides is 5. The van der Waals surface area contributed by atoms with E-state index < -0.39 is 77.7 Å². The highest BCUT2D eigenvalue weighted by Gasteiger charge is 2.64. The molecule has 4 aliphatic rings. The Labute approximate surface area is 518 Å². The van der Waals surface area contributed by atoms with Crippen molar-refractivity contribution in [1.29, 1.82) is 0 Å². The summed E-state index contributed by atoms with van der Waals surface area (Å²) in [7, 11) is 4.46. The largest absolute Gasteiger partial charge is 0.495 e. The summed E-state index contributed by atoms with van der Waals surface area (Å²) in [6.45, 7) is 10.5. The summed E-state index contributed by atoms with van der Waals surface area (Å²) in [4.78, 5) is 81.6. The van der Waals surface area contributed by atoms with E-state index in [0.717, 1.165) is 33.4 Å². The average Bonchev–Trinajstić information content (AvgIpc) is 3.78. The maximum absolute atomic E-state index is 14.3. The first-order chi connectivity index (χ1) is 42.2. The predicted molar refractivity (Wildman–Crippen MR) is 322 cm³/mol. The molecule has 8 atom stereocenters. The van der Waals surface area contributed by atoms with E-state index in [1.54, 1.807) is 45.2 Å². The number of allylic oxidation sites excluding steroid dienone is 3. The summed E-state index contributed by atoms with van der Waals surface area (Å²) in [6.07, 6.45) is -1.69. The molecule has 3 aromatic carbocycles. The smallest absolute Gasteiger partial charge is 0.409 e. The van der Waals surface area contributed by atoms with Gasteiger partial charge in [-0.2, -0.15) is 0 Å². The number of fused-ring (bicyclic) bond motifs is 8. The lowest BCUT2D eigenvalue weighted by Crippen LogP contribution is -2.63. The van der Waals surface area contributed by atoms with Crippen molar-refractivity contribution in [1.82, 2.24) is 20.9 Å². The Balaban J connectivity index is 0.721. The van der Waals surface area contributed by atoms with Gasteiger partial charge >= 0.3 is 18.2 Å². The SMILES string of the molecule is COc1cc2cc(c1Cl)N(C)C(=O)C[C@H](OC(=O)[C@H](C)N(C)C(=O)CCOCCOCCOCCOCCOCCOCCNC(=O)CNC(=O)OCC1c3ccccc3-c3ccccc31)[C@]1(C)OC1[C@H](C)[C@@H]1C[C@@](O)(NC(=O)O1)[C@H](O)/C=C/C=C(\C)C2. The Hall–Kier alpha value is -6.71. The fraction of sp³-hybridized carbons (Fsp3) is 0.556. The molecule has 3 heterocycles. The number of nitrogens with one attached hydrogen (secondary N) is 3. The number of anilines is 1. The van der Waals surface area contributed by atoms with E-state index >= 15 is 0 Å². The number of ether oxygens (including phenoxy) is 11. The molecular weight excluding hydrogens is 1170 g/mol. The fourth-order valence-electron chi connectivity index (χ4n) is 10.6. The summed E-state index contributed by atoms with van der Waals surface area (Å²) in [5, 5.41) is 30.4. The molecule has 5 amide bonds. The normalized spacial score (nSPS) is 23.8. The highest BCUT2D eigenvalue weighted by atomic mass is 35.5. The first-order valence-electron chi connectivity index (χ1n) is 29.6. The number of halogens is 1. The van der Waals surface area contributed by atoms with E-state index in [2.05, 4.69) is 28.1 Å². The van der Waals surface area contributed by atoms with Crippen LogP contribution >= 0.6 is 11.6 Å². The van der Waals surface area contributed by atoms with Crippen LogP contribution in [0, 0.1) is 5.92 Å². The van der Waals surface area contributed by atoms with Crippen molar-refractivity contribution >= 4 is 53.2 Å². The number of epoxide rings is 1. The molecule has 1 unspecified atom stereocenters. The van der Waals surface area contributed by atoms with Crippen LogP contribution < -0.4 is 25.6 Å². The quantitative estimate of drug-likeness (QED) is 0.0264. The van der Waals surface area contributed by atoms with Gasteiger partial charge < -0.3 is 82.8 Å². The summed E-state index contributed by atoms with van der Waals surface area (Å²) >= 11 is 6.79. The second kappa shape index (κ2) is 33.2. The van der Waals surface area contributed by atoms with Gasteiger partial charge in [-0.05, 0) is 67.1 Å². The molecule has 1 aliphatic carbocycles. The number of likely N-dealkylation sites (N-methyl/N-ethyl adjacent to an activating group) is 1. The minimum atomic E-state index is -2.10. The highest BCUT2D eigenvalue weighted by molar-refractivity contribution is 6.35. The van der Waals surface area contributed by atoms with Gasteiger partial charge in [0, 0.05) is 38.9 Å². The van der Waals surface area contributed by atoms with Crippen molar-refractivity contribution in [2.24, 2.45) is 5.92 Å². The molecule has 482 valence electrons. The van der Waals surface area contributed by atoms with Crippen LogP contribution in [0.15, 0.2) is 84.5 Å². The van der Waals surface area contributed by atoms with Crippen molar-refractivity contribution in [3.05, 3.63) is 106 Å². The van der Waals surface area contributed by atoms with E-state index in [4.69, 9.17) is 63.7 Å². The second-order valence-corrected chi connectivity index (χ2v) is 22.5. The number of methoxy groups -OCH3 is 1. The zero-order chi connectivity index (χ0) is 63.4. The molecule has 0 aromatic heterocycles. The standard InChI is InChI=1S/C63H84ClN5O19/c1-40-13-12-18-52(70)63(77)37-51(86-61(76)67-63)41(2)58-62(4,88-58)53(36-56(73)69(6)49-34-43(33-40)35-50(78-7)57(49)64)87-59(74)42(3)68(5)55(72)19-21-79-23-25-81-27-29-83-31-32-84-30-28-82-26-24-80-22-20-65-54(71)38-66-60(75)85-39-48-46-16-10-8-14-44(46)45-15-9-11-17-47(45)48/h8-18,34-35,41-42,48,51-53,58,70,77H,19-33,36-39H2,1-7H3,(H,65,71)(H,66,75)(H,67,76)/b18-12+,40-13+/t41-,42+,51+,52-,53+,58?,62+,63+/m1/s1. The molecule has 0 saturated carbocycles. The molecule has 2 fully saturated rings. The van der Waals surface area contributed by atoms with Gasteiger partial charge in [0.25, 0.3) is 0 Å². The molecule has 5 N–H and O–H groups in total. The Kier molecular flexibility index (Phi) is 26.0. The zero-order valence-electron chi connectivity index (χ0n) is 51.1. The van der Waals surface area contributed by atoms with Crippen molar-refractivity contribution < 1.29 is 91.1 Å². The highest BCUT2D eigenvalue weighted by Crippen LogP contribution is 2.49. The number of hydrogen-bond donors (Lipinski definition) is 5. The molecule has 25 heteroatoms. The van der Waals surface area contributed by atoms with Crippen LogP contribution in [-0.4, -0.2) is 213 Å². The number of aliphatic hydroxyl groups excluding tert-OH is 1. The molecule has 3 aliphatic heterocycles. The van der Waals surface area contributed by atoms with E-state index in [-0.39, 0.29) is 82.2 Å². The minimum absolute atomic E-state index is 0.0511. The van der Waals surface area contributed by atoms with Gasteiger partial charge in [-0.3, -0.25) is 19.7 Å². The molecule has 0 radical (unpaired) electrons. The third kappa shape index (κ3) is 18.9. The van der Waals surface area contributed by atoms with Crippen molar-refractivity contribution in [2.75, 3.05) is 125 Å². The molecule has 0 spiro atoms. The van der Waals surface area contributed by atoms with Crippen LogP contribution in [0.2, 0.25) is 5.02 Å². The molecule has 7 rings (SSSR count). The van der Waals surface area contributed by atoms with Gasteiger partial charge in [0.1, 0.15) is 47.3 Å². The van der Waals surface area contributed by atoms with Crippen molar-refractivity contribution in [3.8, 4) is 16.9 Å². The molecule has 2 saturated heterocycles. The van der Waals surface area contributed by atoms with Crippen LogP contribution in [0.4, 0.5) is 15.3 Å². The number of hydrogen-bond acceptors (Lipinski definition) is 19. The number of rotatable bonds is 29. The Bertz CT molecular complexity index is 2890. The van der Waals surface area contributed by atoms with Crippen molar-refractivity contribution in [3.63, 3.8) is 0 Å². The molecule has 4 bridgehead atoms. The number of aliphatic hydroxyl groups is 2. The van der Waals surface area contributed by atoms with E-state index in [0.29, 0.717) is 70.7 Å². The lowest BCUT2D eigenvalue weighted by atomic mass is 9.83. The lowest BCUT2D eigenvalue weighted by Gasteiger charge is -2.41. The third-order valence-corrected chi connectivity index (χ3v) is 16.3. The monoisotopic (exact) mass is 1250 g/mol. The maximum atomic E-state index is 14.3. The predicted octanol–water partition coefficient (Wildman–Crippen LogP) is 5.01. The number of carbonyl (C=O) groups is 6. The van der Waals surface area contributed by atoms with E-state index in [1.807, 2.05) is 43.3 Å². The number of carbonyl (C=O) groups excluding carboxylic acids is 6. The Morgan fingerprint density at radius 2 is 1.44 bits per heavy atom. The van der Waals surface area contributed by atoms with Gasteiger partial charge in [-0.25, -0.2) is 14.4 Å². The van der Waals surface area contributed by atoms with Crippen LogP contribution in [-0.2, 0) is 73.0 Å². The van der Waals surface area contributed by atoms with Gasteiger partial charge in [0.15, 0.2) is 5.72 Å². The fourth-order valence-corrected chi connectivity index (χ4v) is 10.9. The van der Waals surface area contributed by atoms with Crippen LogP contribution in [0.5, 0.6) is 5.75 Å². The lowest BCUT2D eigenvalue weighted by molar-refractivity contribution is -0.162. The summed E-state index contributed by atoms with van der Waals surface area (Å²) in [6, 6.07) is 18.5. The molecular formula is C63H84ClN5O19. The van der Waals surface area contributed by atoms with Gasteiger partial charge in [-0.15, -0.1) is 0 Å². The van der Waals surface area contributed by atoms with Gasteiger partial charge in [0.2, 0.25) is 17.7 Å². The average molecular weight is 1250 g/mol. The first kappa shape index (κ1) is 68.8. The van der Waals surface area contributed by atoms with Crippen molar-refractivity contribution in [2.45, 2.75) is 101 Å². The summed E-state index contributed by atoms with van der Waals surface area (Å²) in [5.41, 5.74) is 2.99. The zero-order valence-corrected chi connectivity index (χ0v) is 51.8. The van der Waals surface area contributed by atoms with Crippen LogP contribution in [0.3, 0.4) is 0 Å². The number of nitrogens with zero attached hydrogens (tertiary/aromatic N) is 2. The molecule has 88 heavy (non-hydrogen) atoms.